The quantitative estimate of drug-likeness (QED) is 0.781. The Morgan fingerprint density at radius 3 is 1.62 bits per heavy atom. The first-order chi connectivity index (χ1) is 11.3. The number of likely N-dealkylation sites (tertiary alicyclic amines) is 1. The number of hydrogen-bond donors (Lipinski definition) is 0. The zero-order valence-electron chi connectivity index (χ0n) is 15.0. The number of carbonyl (C=O) groups is 3. The Morgan fingerprint density at radius 2 is 1.17 bits per heavy atom. The summed E-state index contributed by atoms with van der Waals surface area (Å²) in [7, 11) is 0. The van der Waals surface area contributed by atoms with Crippen molar-refractivity contribution in [1.82, 2.24) is 14.7 Å². The Bertz CT molecular complexity index is 473. The summed E-state index contributed by atoms with van der Waals surface area (Å²) < 4.78 is 5.34. The monoisotopic (exact) mass is 339 g/mol. The van der Waals surface area contributed by atoms with Crippen molar-refractivity contribution < 1.29 is 19.1 Å². The standard InChI is InChI=1S/C17H29N3O4/c1-17(2,3)24-16(23)20-12-10-19(11-13-20)15(22)7-6-14(21)18-8-4-5-9-18/h4-13H2,1-3H3. The van der Waals surface area contributed by atoms with Crippen molar-refractivity contribution in [3.05, 3.63) is 0 Å². The van der Waals surface area contributed by atoms with E-state index < -0.39 is 5.60 Å². The van der Waals surface area contributed by atoms with Crippen LogP contribution in [0.2, 0.25) is 0 Å². The molecule has 0 atom stereocenters. The van der Waals surface area contributed by atoms with Gasteiger partial charge >= 0.3 is 6.09 Å². The molecule has 2 aliphatic heterocycles. The normalized spacial score (nSPS) is 18.7. The van der Waals surface area contributed by atoms with Crippen LogP contribution in [0.25, 0.3) is 0 Å². The van der Waals surface area contributed by atoms with Crippen LogP contribution >= 0.6 is 0 Å². The van der Waals surface area contributed by atoms with Crippen LogP contribution in [0, 0.1) is 0 Å². The molecule has 7 nitrogen and oxygen atoms in total. The molecule has 0 saturated carbocycles. The van der Waals surface area contributed by atoms with E-state index in [1.165, 1.54) is 0 Å². The van der Waals surface area contributed by atoms with E-state index >= 15 is 0 Å². The van der Waals surface area contributed by atoms with Crippen LogP contribution in [0.4, 0.5) is 4.79 Å². The molecule has 2 saturated heterocycles. The number of amides is 3. The van der Waals surface area contributed by atoms with Crippen molar-refractivity contribution in [2.24, 2.45) is 0 Å². The third-order valence-corrected chi connectivity index (χ3v) is 4.30. The second kappa shape index (κ2) is 7.85. The Labute approximate surface area is 143 Å². The van der Waals surface area contributed by atoms with E-state index in [1.54, 1.807) is 9.80 Å². The van der Waals surface area contributed by atoms with Crippen molar-refractivity contribution in [3.8, 4) is 0 Å². The van der Waals surface area contributed by atoms with Gasteiger partial charge in [-0.1, -0.05) is 0 Å². The van der Waals surface area contributed by atoms with Crippen LogP contribution in [-0.4, -0.2) is 77.5 Å². The second-order valence-corrected chi connectivity index (χ2v) is 7.44. The predicted molar refractivity (Wildman–Crippen MR) is 89.4 cm³/mol. The van der Waals surface area contributed by atoms with Gasteiger partial charge in [0.2, 0.25) is 11.8 Å². The maximum atomic E-state index is 12.2. The molecule has 7 heteroatoms. The number of ether oxygens (including phenoxy) is 1. The molecule has 0 bridgehead atoms. The molecule has 0 aromatic carbocycles. The van der Waals surface area contributed by atoms with Crippen LogP contribution < -0.4 is 0 Å². The second-order valence-electron chi connectivity index (χ2n) is 7.44. The van der Waals surface area contributed by atoms with Gasteiger partial charge in [-0.25, -0.2) is 4.79 Å². The minimum atomic E-state index is -0.514. The lowest BCUT2D eigenvalue weighted by Gasteiger charge is -2.35. The fraction of sp³-hybridized carbons (Fsp3) is 0.824. The van der Waals surface area contributed by atoms with E-state index in [0.717, 1.165) is 25.9 Å². The fourth-order valence-electron chi connectivity index (χ4n) is 2.96. The highest BCUT2D eigenvalue weighted by atomic mass is 16.6. The third-order valence-electron chi connectivity index (χ3n) is 4.30. The molecule has 0 unspecified atom stereocenters. The van der Waals surface area contributed by atoms with Crippen molar-refractivity contribution in [3.63, 3.8) is 0 Å². The van der Waals surface area contributed by atoms with Gasteiger partial charge in [-0.3, -0.25) is 9.59 Å². The van der Waals surface area contributed by atoms with Gasteiger partial charge in [0, 0.05) is 52.1 Å². The average molecular weight is 339 g/mol. The summed E-state index contributed by atoms with van der Waals surface area (Å²) in [5.41, 5.74) is -0.514. The van der Waals surface area contributed by atoms with Gasteiger partial charge in [0.1, 0.15) is 5.60 Å². The molecule has 2 aliphatic rings. The molecule has 2 fully saturated rings. The Hall–Kier alpha value is -1.79. The van der Waals surface area contributed by atoms with Gasteiger partial charge in [0.05, 0.1) is 0 Å². The molecular formula is C17H29N3O4. The first kappa shape index (κ1) is 18.5. The van der Waals surface area contributed by atoms with Gasteiger partial charge in [-0.05, 0) is 33.6 Å². The lowest BCUT2D eigenvalue weighted by atomic mass is 10.2. The first-order valence-electron chi connectivity index (χ1n) is 8.80. The van der Waals surface area contributed by atoms with Crippen molar-refractivity contribution in [2.75, 3.05) is 39.3 Å². The van der Waals surface area contributed by atoms with Crippen LogP contribution in [0.1, 0.15) is 46.5 Å². The molecule has 0 spiro atoms. The molecular weight excluding hydrogens is 310 g/mol. The summed E-state index contributed by atoms with van der Waals surface area (Å²) >= 11 is 0. The maximum Gasteiger partial charge on any atom is 0.410 e. The van der Waals surface area contributed by atoms with E-state index in [4.69, 9.17) is 4.74 Å². The molecule has 2 heterocycles. The number of piperazine rings is 1. The first-order valence-corrected chi connectivity index (χ1v) is 8.80. The zero-order valence-corrected chi connectivity index (χ0v) is 15.0. The Kier molecular flexibility index (Phi) is 6.07. The van der Waals surface area contributed by atoms with Gasteiger partial charge in [0.25, 0.3) is 0 Å². The van der Waals surface area contributed by atoms with Crippen molar-refractivity contribution >= 4 is 17.9 Å². The molecule has 0 aromatic rings. The largest absolute Gasteiger partial charge is 0.444 e. The van der Waals surface area contributed by atoms with Crippen molar-refractivity contribution in [2.45, 2.75) is 52.1 Å². The predicted octanol–water partition coefficient (Wildman–Crippen LogP) is 1.47. The number of hydrogen-bond acceptors (Lipinski definition) is 4. The summed E-state index contributed by atoms with van der Waals surface area (Å²) in [6, 6.07) is 0. The number of rotatable bonds is 3. The number of carbonyl (C=O) groups excluding carboxylic acids is 3. The molecule has 2 rings (SSSR count). The zero-order chi connectivity index (χ0) is 17.7. The highest BCUT2D eigenvalue weighted by molar-refractivity contribution is 5.84. The number of nitrogens with zero attached hydrogens (tertiary/aromatic N) is 3. The minimum Gasteiger partial charge on any atom is -0.444 e. The summed E-state index contributed by atoms with van der Waals surface area (Å²) in [6.07, 6.45) is 2.32. The molecule has 0 N–H and O–H groups in total. The summed E-state index contributed by atoms with van der Waals surface area (Å²) in [5, 5.41) is 0. The SMILES string of the molecule is CC(C)(C)OC(=O)N1CCN(C(=O)CCC(=O)N2CCCC2)CC1. The highest BCUT2D eigenvalue weighted by Crippen LogP contribution is 2.14. The Balaban J connectivity index is 1.70. The van der Waals surface area contributed by atoms with Crippen LogP contribution in [-0.2, 0) is 14.3 Å². The van der Waals surface area contributed by atoms with Crippen LogP contribution in [0.3, 0.4) is 0 Å². The molecule has 0 aliphatic carbocycles. The highest BCUT2D eigenvalue weighted by Gasteiger charge is 2.28. The smallest absolute Gasteiger partial charge is 0.410 e. The fourth-order valence-corrected chi connectivity index (χ4v) is 2.96. The minimum absolute atomic E-state index is 0.00798. The van der Waals surface area contributed by atoms with Gasteiger partial charge in [-0.2, -0.15) is 0 Å². The molecule has 3 amide bonds. The third kappa shape index (κ3) is 5.39. The molecule has 0 aromatic heterocycles. The van der Waals surface area contributed by atoms with E-state index in [9.17, 15) is 14.4 Å². The summed E-state index contributed by atoms with van der Waals surface area (Å²) in [4.78, 5) is 41.4. The Morgan fingerprint density at radius 1 is 0.750 bits per heavy atom. The average Bonchev–Trinajstić information content (AvgIpc) is 3.05. The van der Waals surface area contributed by atoms with Gasteiger partial charge in [0.15, 0.2) is 0 Å². The van der Waals surface area contributed by atoms with Gasteiger partial charge < -0.3 is 19.4 Å². The van der Waals surface area contributed by atoms with Gasteiger partial charge in [-0.15, -0.1) is 0 Å². The molecule has 0 radical (unpaired) electrons. The van der Waals surface area contributed by atoms with E-state index in [1.807, 2.05) is 25.7 Å². The van der Waals surface area contributed by atoms with Crippen LogP contribution in [0.15, 0.2) is 0 Å². The lowest BCUT2D eigenvalue weighted by Crippen LogP contribution is -2.51. The van der Waals surface area contributed by atoms with Crippen LogP contribution in [0.5, 0.6) is 0 Å². The molecule has 136 valence electrons. The molecule has 24 heavy (non-hydrogen) atoms. The summed E-state index contributed by atoms with van der Waals surface area (Å²) in [5.74, 6) is 0.0691. The van der Waals surface area contributed by atoms with E-state index in [-0.39, 0.29) is 30.7 Å². The van der Waals surface area contributed by atoms with Crippen molar-refractivity contribution in [1.29, 1.82) is 0 Å². The lowest BCUT2D eigenvalue weighted by molar-refractivity contribution is -0.137. The van der Waals surface area contributed by atoms with E-state index in [2.05, 4.69) is 0 Å². The maximum absolute atomic E-state index is 12.2. The topological polar surface area (TPSA) is 70.2 Å². The summed E-state index contributed by atoms with van der Waals surface area (Å²) in [6.45, 7) is 9.09. The van der Waals surface area contributed by atoms with E-state index in [0.29, 0.717) is 26.2 Å².